The molecule has 0 aromatic carbocycles. The molecular formula is C3H10N2O2. The Labute approximate surface area is 42.3 Å². The normalized spacial score (nSPS) is 14.1. The highest BCUT2D eigenvalue weighted by atomic mass is 16.7. The van der Waals surface area contributed by atoms with Crippen LogP contribution in [0, 0.1) is 0 Å². The van der Waals surface area contributed by atoms with Crippen LogP contribution in [0.4, 0.5) is 0 Å². The third-order valence-corrected chi connectivity index (χ3v) is 0.563. The zero-order valence-corrected chi connectivity index (χ0v) is 4.26. The molecule has 0 radical (unpaired) electrons. The molecule has 0 aliphatic rings. The van der Waals surface area contributed by atoms with E-state index >= 15 is 0 Å². The van der Waals surface area contributed by atoms with Crippen molar-refractivity contribution in [2.75, 3.05) is 6.61 Å². The zero-order chi connectivity index (χ0) is 5.70. The lowest BCUT2D eigenvalue weighted by Gasteiger charge is -2.03. The van der Waals surface area contributed by atoms with Crippen molar-refractivity contribution in [2.24, 2.45) is 11.8 Å². The van der Waals surface area contributed by atoms with Gasteiger partial charge in [0, 0.05) is 0 Å². The quantitative estimate of drug-likeness (QED) is 0.460. The Kier molecular flexibility index (Phi) is 3.92. The van der Waals surface area contributed by atoms with Gasteiger partial charge >= 0.3 is 0 Å². The molecule has 0 aliphatic carbocycles. The van der Waals surface area contributed by atoms with Crippen molar-refractivity contribution in [3.05, 3.63) is 0 Å². The predicted molar refractivity (Wildman–Crippen MR) is 24.9 cm³/mol. The maximum absolute atomic E-state index is 4.72. The van der Waals surface area contributed by atoms with Crippen LogP contribution in [0.3, 0.4) is 0 Å². The Hall–Kier alpha value is -0.160. The van der Waals surface area contributed by atoms with Gasteiger partial charge in [0.25, 0.3) is 0 Å². The van der Waals surface area contributed by atoms with E-state index in [9.17, 15) is 0 Å². The van der Waals surface area contributed by atoms with E-state index in [0.717, 1.165) is 0 Å². The first kappa shape index (κ1) is 6.84. The van der Waals surface area contributed by atoms with Gasteiger partial charge in [0.1, 0.15) is 6.10 Å². The van der Waals surface area contributed by atoms with E-state index in [1.54, 1.807) is 6.92 Å². The minimum atomic E-state index is -0.120. The number of rotatable bonds is 3. The number of nitrogens with two attached hydrogens (primary N) is 2. The van der Waals surface area contributed by atoms with Gasteiger partial charge in [-0.3, -0.25) is 4.84 Å². The van der Waals surface area contributed by atoms with Gasteiger partial charge in [-0.25, -0.2) is 11.8 Å². The van der Waals surface area contributed by atoms with Crippen LogP contribution in [-0.4, -0.2) is 12.7 Å². The topological polar surface area (TPSA) is 70.5 Å². The first-order valence-corrected chi connectivity index (χ1v) is 1.98. The molecule has 1 atom stereocenters. The maximum Gasteiger partial charge on any atom is 0.101 e. The minimum Gasteiger partial charge on any atom is -0.302 e. The molecule has 4 N–H and O–H groups in total. The Morgan fingerprint density at radius 3 is 2.29 bits per heavy atom. The molecule has 0 saturated heterocycles. The summed E-state index contributed by atoms with van der Waals surface area (Å²) in [5, 5.41) is 0. The second kappa shape index (κ2) is 4.01. The van der Waals surface area contributed by atoms with Crippen molar-refractivity contribution >= 4 is 0 Å². The van der Waals surface area contributed by atoms with Crippen molar-refractivity contribution in [2.45, 2.75) is 13.0 Å². The first-order chi connectivity index (χ1) is 3.31. The molecule has 0 aromatic rings. The van der Waals surface area contributed by atoms with Crippen molar-refractivity contribution in [1.29, 1.82) is 0 Å². The van der Waals surface area contributed by atoms with E-state index in [1.807, 2.05) is 0 Å². The molecular weight excluding hydrogens is 96.0 g/mol. The standard InChI is InChI=1S/C3H10N2O2/c1-3(7-5)2-6-4/h3H,2,4-5H2,1H3. The third-order valence-electron chi connectivity index (χ3n) is 0.563. The van der Waals surface area contributed by atoms with Gasteiger partial charge < -0.3 is 4.84 Å². The van der Waals surface area contributed by atoms with Gasteiger partial charge in [-0.15, -0.1) is 0 Å². The van der Waals surface area contributed by atoms with Crippen LogP contribution in [0.15, 0.2) is 0 Å². The highest BCUT2D eigenvalue weighted by Gasteiger charge is 1.95. The summed E-state index contributed by atoms with van der Waals surface area (Å²) in [5.41, 5.74) is 0. The highest BCUT2D eigenvalue weighted by Crippen LogP contribution is 1.80. The molecule has 4 heteroatoms. The summed E-state index contributed by atoms with van der Waals surface area (Å²) in [5.74, 6) is 9.39. The van der Waals surface area contributed by atoms with Crippen LogP contribution in [0.2, 0.25) is 0 Å². The monoisotopic (exact) mass is 106 g/mol. The average molecular weight is 106 g/mol. The number of hydrogen-bond acceptors (Lipinski definition) is 4. The van der Waals surface area contributed by atoms with Crippen LogP contribution in [0.25, 0.3) is 0 Å². The summed E-state index contributed by atoms with van der Waals surface area (Å²) in [6.07, 6.45) is -0.120. The molecule has 0 aromatic heterocycles. The molecule has 0 amide bonds. The summed E-state index contributed by atoms with van der Waals surface area (Å²) < 4.78 is 0. The predicted octanol–water partition coefficient (Wildman–Crippen LogP) is -0.844. The van der Waals surface area contributed by atoms with Crippen LogP contribution in [0.5, 0.6) is 0 Å². The smallest absolute Gasteiger partial charge is 0.101 e. The lowest BCUT2D eigenvalue weighted by Crippen LogP contribution is -2.21. The van der Waals surface area contributed by atoms with Gasteiger partial charge in [0.2, 0.25) is 0 Å². The van der Waals surface area contributed by atoms with Crippen LogP contribution < -0.4 is 11.8 Å². The van der Waals surface area contributed by atoms with Gasteiger partial charge in [0.05, 0.1) is 6.61 Å². The van der Waals surface area contributed by atoms with Crippen LogP contribution in [0.1, 0.15) is 6.92 Å². The number of hydrogen-bond donors (Lipinski definition) is 2. The van der Waals surface area contributed by atoms with Crippen LogP contribution in [-0.2, 0) is 9.68 Å². The van der Waals surface area contributed by atoms with E-state index in [-0.39, 0.29) is 6.10 Å². The average Bonchev–Trinajstić information content (AvgIpc) is 1.68. The van der Waals surface area contributed by atoms with E-state index in [0.29, 0.717) is 6.61 Å². The van der Waals surface area contributed by atoms with Crippen molar-refractivity contribution in [3.63, 3.8) is 0 Å². The lowest BCUT2D eigenvalue weighted by atomic mass is 10.5. The maximum atomic E-state index is 4.72. The zero-order valence-electron chi connectivity index (χ0n) is 4.26. The molecule has 0 rings (SSSR count). The Balaban J connectivity index is 2.83. The Bertz CT molecular complexity index is 41.9. The van der Waals surface area contributed by atoms with E-state index < -0.39 is 0 Å². The van der Waals surface area contributed by atoms with Gasteiger partial charge in [0.15, 0.2) is 0 Å². The molecule has 7 heavy (non-hydrogen) atoms. The largest absolute Gasteiger partial charge is 0.302 e. The van der Waals surface area contributed by atoms with Crippen LogP contribution >= 0.6 is 0 Å². The second-order valence-corrected chi connectivity index (χ2v) is 1.28. The van der Waals surface area contributed by atoms with E-state index in [4.69, 9.17) is 5.90 Å². The molecule has 0 heterocycles. The molecule has 0 aliphatic heterocycles. The Morgan fingerprint density at radius 1 is 1.57 bits per heavy atom. The summed E-state index contributed by atoms with van der Waals surface area (Å²) >= 11 is 0. The fourth-order valence-electron chi connectivity index (χ4n) is 0.175. The second-order valence-electron chi connectivity index (χ2n) is 1.28. The lowest BCUT2D eigenvalue weighted by molar-refractivity contribution is -0.00821. The van der Waals surface area contributed by atoms with Gasteiger partial charge in [-0.05, 0) is 6.92 Å². The van der Waals surface area contributed by atoms with Crippen molar-refractivity contribution in [1.82, 2.24) is 0 Å². The molecule has 0 spiro atoms. The summed E-state index contributed by atoms with van der Waals surface area (Å²) in [4.78, 5) is 8.48. The summed E-state index contributed by atoms with van der Waals surface area (Å²) in [6, 6.07) is 0. The molecule has 0 bridgehead atoms. The molecule has 0 fully saturated rings. The van der Waals surface area contributed by atoms with Crippen molar-refractivity contribution < 1.29 is 9.68 Å². The molecule has 4 nitrogen and oxygen atoms in total. The summed E-state index contributed by atoms with van der Waals surface area (Å²) in [7, 11) is 0. The van der Waals surface area contributed by atoms with Gasteiger partial charge in [-0.1, -0.05) is 0 Å². The van der Waals surface area contributed by atoms with E-state index in [2.05, 4.69) is 15.6 Å². The minimum absolute atomic E-state index is 0.120. The third kappa shape index (κ3) is 3.68. The first-order valence-electron chi connectivity index (χ1n) is 1.98. The fourth-order valence-corrected chi connectivity index (χ4v) is 0.175. The molecule has 44 valence electrons. The Morgan fingerprint density at radius 2 is 2.14 bits per heavy atom. The fraction of sp³-hybridized carbons (Fsp3) is 1.00. The summed E-state index contributed by atoms with van der Waals surface area (Å²) in [6.45, 7) is 2.09. The van der Waals surface area contributed by atoms with Gasteiger partial charge in [-0.2, -0.15) is 0 Å². The molecule has 0 saturated carbocycles. The SMILES string of the molecule is CC(CON)ON. The van der Waals surface area contributed by atoms with E-state index in [1.165, 1.54) is 0 Å². The molecule has 1 unspecified atom stereocenters. The highest BCUT2D eigenvalue weighted by molar-refractivity contribution is 4.39. The van der Waals surface area contributed by atoms with Crippen molar-refractivity contribution in [3.8, 4) is 0 Å².